The van der Waals surface area contributed by atoms with Gasteiger partial charge in [0, 0.05) is 23.7 Å². The smallest absolute Gasteiger partial charge is 0.239 e. The summed E-state index contributed by atoms with van der Waals surface area (Å²) in [6, 6.07) is -1.62. The third kappa shape index (κ3) is 23.6. The molecule has 43 heavy (non-hydrogen) atoms. The molecule has 0 aromatic rings. The van der Waals surface area contributed by atoms with Gasteiger partial charge in [-0.25, -0.2) is 0 Å². The molecule has 0 bridgehead atoms. The molecule has 0 saturated heterocycles. The van der Waals surface area contributed by atoms with Gasteiger partial charge in [0.05, 0.1) is 51.4 Å². The van der Waals surface area contributed by atoms with Crippen LogP contribution in [0.3, 0.4) is 0 Å². The van der Waals surface area contributed by atoms with Crippen LogP contribution in [0, 0.1) is 0 Å². The number of amides is 6. The molecule has 0 aliphatic rings. The Morgan fingerprint density at radius 1 is 0.581 bits per heavy atom. The van der Waals surface area contributed by atoms with Crippen LogP contribution in [-0.2, 0) is 38.4 Å². The van der Waals surface area contributed by atoms with Crippen LogP contribution >= 0.6 is 43.2 Å². The summed E-state index contributed by atoms with van der Waals surface area (Å²) in [6.45, 7) is -0.366. The average molecular weight is 685 g/mol. The number of hydrogen-bond donors (Lipinski definition) is 8. The highest BCUT2D eigenvalue weighted by Crippen LogP contribution is 2.23. The molecule has 0 fully saturated rings. The van der Waals surface area contributed by atoms with E-state index in [0.717, 1.165) is 0 Å². The van der Waals surface area contributed by atoms with Crippen molar-refractivity contribution in [1.82, 2.24) is 31.9 Å². The summed E-state index contributed by atoms with van der Waals surface area (Å²) in [5.41, 5.74) is 11.5. The molecule has 0 aromatic heterocycles. The monoisotopic (exact) mass is 684 g/mol. The fourth-order valence-corrected chi connectivity index (χ4v) is 6.01. The van der Waals surface area contributed by atoms with Crippen LogP contribution in [0.25, 0.3) is 0 Å². The Morgan fingerprint density at radius 3 is 1.47 bits per heavy atom. The maximum absolute atomic E-state index is 12.0. The van der Waals surface area contributed by atoms with E-state index in [1.165, 1.54) is 50.1 Å². The van der Waals surface area contributed by atoms with Crippen molar-refractivity contribution in [2.75, 3.05) is 62.8 Å². The van der Waals surface area contributed by atoms with Crippen molar-refractivity contribution in [3.63, 3.8) is 0 Å². The van der Waals surface area contributed by atoms with Gasteiger partial charge in [0.15, 0.2) is 5.78 Å². The lowest BCUT2D eigenvalue weighted by Crippen LogP contribution is -2.47. The molecule has 16 nitrogen and oxygen atoms in total. The van der Waals surface area contributed by atoms with Crippen molar-refractivity contribution >= 4 is 90.2 Å². The first-order valence-corrected chi connectivity index (χ1v) is 18.1. The summed E-state index contributed by atoms with van der Waals surface area (Å²) < 4.78 is 0. The van der Waals surface area contributed by atoms with Crippen molar-refractivity contribution in [1.29, 1.82) is 0 Å². The quantitative estimate of drug-likeness (QED) is 0.0365. The van der Waals surface area contributed by atoms with Gasteiger partial charge < -0.3 is 43.4 Å². The zero-order valence-electron chi connectivity index (χ0n) is 24.0. The Balaban J connectivity index is 3.87. The highest BCUT2D eigenvalue weighted by molar-refractivity contribution is 8.76. The van der Waals surface area contributed by atoms with E-state index in [2.05, 4.69) is 31.9 Å². The standard InChI is InChI=1S/C23H40N8O8S4/c1-14(32)6-26-18(34)8-28-20(36)11-31-23(39)17(25)13-43-41-5-3-4-15(33)7-27-19(35)9-29-21(37)10-30-22(38)16(24)12-42-40-2/h16-17H,3-13,24-25H2,1-2H3,(H,26,34)(H,27,35)(H,28,36)(H,29,37)(H,30,38)(H,31,39)/t16-,17+/m0/s1. The van der Waals surface area contributed by atoms with E-state index in [1.54, 1.807) is 0 Å². The summed E-state index contributed by atoms with van der Waals surface area (Å²) >= 11 is 0. The molecule has 0 radical (unpaired) electrons. The molecule has 0 heterocycles. The maximum atomic E-state index is 12.0. The molecule has 244 valence electrons. The molecule has 20 heteroatoms. The SMILES string of the molecule is CSSC[C@H](N)C(=O)NCC(=O)NCC(=O)NCC(=O)CCCSSC[C@@H](N)C(=O)NCC(=O)NCC(=O)NCC(C)=O. The molecule has 0 saturated carbocycles. The number of ketones is 2. The van der Waals surface area contributed by atoms with Gasteiger partial charge in [-0.15, -0.1) is 0 Å². The number of carbonyl (C=O) groups excluding carboxylic acids is 8. The summed E-state index contributed by atoms with van der Waals surface area (Å²) in [6.07, 6.45) is 2.60. The summed E-state index contributed by atoms with van der Waals surface area (Å²) in [5, 5.41) is 14.1. The van der Waals surface area contributed by atoms with E-state index < -0.39 is 47.5 Å². The normalized spacial score (nSPS) is 11.8. The average Bonchev–Trinajstić information content (AvgIpc) is 2.98. The third-order valence-electron chi connectivity index (χ3n) is 4.81. The van der Waals surface area contributed by atoms with Gasteiger partial charge in [-0.05, 0) is 19.6 Å². The largest absolute Gasteiger partial charge is 0.348 e. The van der Waals surface area contributed by atoms with E-state index in [4.69, 9.17) is 11.5 Å². The van der Waals surface area contributed by atoms with E-state index >= 15 is 0 Å². The van der Waals surface area contributed by atoms with Crippen LogP contribution in [0.15, 0.2) is 0 Å². The first-order valence-electron chi connectivity index (χ1n) is 12.9. The lowest BCUT2D eigenvalue weighted by Gasteiger charge is -2.12. The molecule has 6 amide bonds. The van der Waals surface area contributed by atoms with Crippen molar-refractivity contribution in [3.05, 3.63) is 0 Å². The Kier molecular flexibility index (Phi) is 23.4. The lowest BCUT2D eigenvalue weighted by molar-refractivity contribution is -0.128. The number of nitrogens with one attached hydrogen (secondary N) is 6. The second kappa shape index (κ2) is 24.9. The molecule has 0 spiro atoms. The predicted molar refractivity (Wildman–Crippen MR) is 170 cm³/mol. The van der Waals surface area contributed by atoms with Crippen LogP contribution in [-0.4, -0.2) is 122 Å². The second-order valence-corrected chi connectivity index (χ2v) is 13.9. The van der Waals surface area contributed by atoms with Crippen molar-refractivity contribution in [2.45, 2.75) is 31.8 Å². The van der Waals surface area contributed by atoms with E-state index in [0.29, 0.717) is 17.9 Å². The molecule has 2 atom stereocenters. The van der Waals surface area contributed by atoms with Gasteiger partial charge in [0.1, 0.15) is 5.78 Å². The second-order valence-electron chi connectivity index (χ2n) is 8.66. The predicted octanol–water partition coefficient (Wildman–Crippen LogP) is -3.33. The highest BCUT2D eigenvalue weighted by atomic mass is 33.1. The molecular formula is C23H40N8O8S4. The van der Waals surface area contributed by atoms with Crippen LogP contribution in [0.5, 0.6) is 0 Å². The van der Waals surface area contributed by atoms with E-state index in [1.807, 2.05) is 6.26 Å². The van der Waals surface area contributed by atoms with Crippen molar-refractivity contribution < 1.29 is 38.4 Å². The number of nitrogens with two attached hydrogens (primary N) is 2. The Labute approximate surface area is 265 Å². The molecule has 0 aliphatic carbocycles. The Hall–Kier alpha value is -2.52. The molecule has 0 aromatic carbocycles. The zero-order valence-corrected chi connectivity index (χ0v) is 27.3. The summed E-state index contributed by atoms with van der Waals surface area (Å²) in [4.78, 5) is 93.4. The van der Waals surface area contributed by atoms with Crippen molar-refractivity contribution in [2.24, 2.45) is 11.5 Å². The van der Waals surface area contributed by atoms with Crippen molar-refractivity contribution in [3.8, 4) is 0 Å². The fraction of sp³-hybridized carbons (Fsp3) is 0.652. The van der Waals surface area contributed by atoms with Gasteiger partial charge in [-0.3, -0.25) is 38.4 Å². The molecule has 0 unspecified atom stereocenters. The highest BCUT2D eigenvalue weighted by Gasteiger charge is 2.16. The first kappa shape index (κ1) is 40.5. The molecular weight excluding hydrogens is 645 g/mol. The number of Topliss-reactive ketones (excluding diaryl/α,β-unsaturated/α-hetero) is 2. The van der Waals surface area contributed by atoms with Gasteiger partial charge in [-0.1, -0.05) is 43.2 Å². The number of rotatable bonds is 24. The lowest BCUT2D eigenvalue weighted by atomic mass is 10.2. The summed E-state index contributed by atoms with van der Waals surface area (Å²) in [5.74, 6) is -2.42. The van der Waals surface area contributed by atoms with Crippen LogP contribution in [0.1, 0.15) is 19.8 Å². The Morgan fingerprint density at radius 2 is 1.00 bits per heavy atom. The fourth-order valence-electron chi connectivity index (χ4n) is 2.51. The van der Waals surface area contributed by atoms with Gasteiger partial charge >= 0.3 is 0 Å². The minimum Gasteiger partial charge on any atom is -0.348 e. The first-order chi connectivity index (χ1) is 20.3. The maximum Gasteiger partial charge on any atom is 0.239 e. The molecule has 0 rings (SSSR count). The van der Waals surface area contributed by atoms with E-state index in [-0.39, 0.29) is 63.0 Å². The minimum atomic E-state index is -0.876. The Bertz CT molecular complexity index is 976. The summed E-state index contributed by atoms with van der Waals surface area (Å²) in [7, 11) is 5.63. The molecule has 0 aliphatic heterocycles. The van der Waals surface area contributed by atoms with Crippen LogP contribution in [0.2, 0.25) is 0 Å². The van der Waals surface area contributed by atoms with Crippen LogP contribution in [0.4, 0.5) is 0 Å². The van der Waals surface area contributed by atoms with Gasteiger partial charge in [0.25, 0.3) is 0 Å². The van der Waals surface area contributed by atoms with Gasteiger partial charge in [0.2, 0.25) is 35.4 Å². The zero-order chi connectivity index (χ0) is 32.6. The number of hydrogen-bond acceptors (Lipinski definition) is 14. The minimum absolute atomic E-state index is 0.132. The number of carbonyl (C=O) groups is 8. The third-order valence-corrected chi connectivity index (χ3v) is 9.18. The van der Waals surface area contributed by atoms with E-state index in [9.17, 15) is 38.4 Å². The van der Waals surface area contributed by atoms with Gasteiger partial charge in [-0.2, -0.15) is 0 Å². The van der Waals surface area contributed by atoms with Crippen LogP contribution < -0.4 is 43.4 Å². The topological polar surface area (TPSA) is 261 Å². The molecule has 10 N–H and O–H groups in total.